The van der Waals surface area contributed by atoms with Gasteiger partial charge in [-0.25, -0.2) is 4.79 Å². The molecule has 1 saturated heterocycles. The second kappa shape index (κ2) is 5.06. The number of hydrogen-bond acceptors (Lipinski definition) is 4. The van der Waals surface area contributed by atoms with Gasteiger partial charge in [0.25, 0.3) is 0 Å². The lowest BCUT2D eigenvalue weighted by molar-refractivity contribution is -0.0717. The molecule has 4 nitrogen and oxygen atoms in total. The van der Waals surface area contributed by atoms with E-state index in [-0.39, 0.29) is 17.1 Å². The molecule has 0 aromatic heterocycles. The summed E-state index contributed by atoms with van der Waals surface area (Å²) in [6.45, 7) is 10.7. The zero-order valence-corrected chi connectivity index (χ0v) is 12.4. The van der Waals surface area contributed by atoms with Gasteiger partial charge in [0.1, 0.15) is 11.0 Å². The molecule has 0 spiro atoms. The Hall–Kier alpha value is -0.420. The molecule has 100 valence electrons. The molecule has 0 aliphatic carbocycles. The van der Waals surface area contributed by atoms with Gasteiger partial charge in [-0.05, 0) is 40.9 Å². The standard InChI is InChI=1S/C12H23NO3S/c1-11(2,3)16-10(14)13-7-9(17-6)15-8-12(13,4)5/h9H,7-8H2,1-6H3. The molecule has 0 radical (unpaired) electrons. The molecule has 1 aliphatic rings. The number of ether oxygens (including phenoxy) is 2. The Balaban J connectivity index is 2.74. The van der Waals surface area contributed by atoms with Crippen molar-refractivity contribution in [3.8, 4) is 0 Å². The van der Waals surface area contributed by atoms with Crippen molar-refractivity contribution in [1.29, 1.82) is 0 Å². The highest BCUT2D eigenvalue weighted by Gasteiger charge is 2.39. The fourth-order valence-electron chi connectivity index (χ4n) is 1.60. The van der Waals surface area contributed by atoms with Crippen LogP contribution < -0.4 is 0 Å². The highest BCUT2D eigenvalue weighted by Crippen LogP contribution is 2.27. The Kier molecular flexibility index (Phi) is 4.36. The Morgan fingerprint density at radius 3 is 2.53 bits per heavy atom. The van der Waals surface area contributed by atoms with E-state index in [1.54, 1.807) is 16.7 Å². The van der Waals surface area contributed by atoms with Gasteiger partial charge in [0, 0.05) is 0 Å². The smallest absolute Gasteiger partial charge is 0.410 e. The van der Waals surface area contributed by atoms with Crippen molar-refractivity contribution in [2.75, 3.05) is 19.4 Å². The molecule has 1 rings (SSSR count). The van der Waals surface area contributed by atoms with Gasteiger partial charge in [0.15, 0.2) is 0 Å². The SMILES string of the molecule is CSC1CN(C(=O)OC(C)(C)C)C(C)(C)CO1. The summed E-state index contributed by atoms with van der Waals surface area (Å²) in [5.74, 6) is 0. The van der Waals surface area contributed by atoms with Crippen LogP contribution in [0.5, 0.6) is 0 Å². The zero-order chi connectivity index (χ0) is 13.3. The van der Waals surface area contributed by atoms with Crippen molar-refractivity contribution in [3.63, 3.8) is 0 Å². The lowest BCUT2D eigenvalue weighted by Crippen LogP contribution is -2.58. The van der Waals surface area contributed by atoms with E-state index < -0.39 is 5.60 Å². The number of carbonyl (C=O) groups is 1. The van der Waals surface area contributed by atoms with Crippen LogP contribution in [-0.4, -0.2) is 47.0 Å². The highest BCUT2D eigenvalue weighted by atomic mass is 32.2. The zero-order valence-electron chi connectivity index (χ0n) is 11.6. The van der Waals surface area contributed by atoms with E-state index in [0.29, 0.717) is 13.2 Å². The summed E-state index contributed by atoms with van der Waals surface area (Å²) < 4.78 is 11.1. The van der Waals surface area contributed by atoms with Crippen molar-refractivity contribution < 1.29 is 14.3 Å². The van der Waals surface area contributed by atoms with E-state index in [1.807, 2.05) is 40.9 Å². The number of morpholine rings is 1. The Morgan fingerprint density at radius 2 is 2.06 bits per heavy atom. The molecule has 0 saturated carbocycles. The minimum atomic E-state index is -0.458. The number of carbonyl (C=O) groups excluding carboxylic acids is 1. The summed E-state index contributed by atoms with van der Waals surface area (Å²) in [5, 5.41) is 0. The molecule has 1 unspecified atom stereocenters. The van der Waals surface area contributed by atoms with E-state index in [9.17, 15) is 4.79 Å². The van der Waals surface area contributed by atoms with E-state index in [2.05, 4.69) is 0 Å². The van der Waals surface area contributed by atoms with Crippen molar-refractivity contribution >= 4 is 17.9 Å². The Morgan fingerprint density at radius 1 is 1.47 bits per heavy atom. The summed E-state index contributed by atoms with van der Waals surface area (Å²) in [6, 6.07) is 0. The van der Waals surface area contributed by atoms with Crippen LogP contribution in [0.15, 0.2) is 0 Å². The van der Waals surface area contributed by atoms with Gasteiger partial charge in [-0.1, -0.05) is 0 Å². The first-order valence-electron chi connectivity index (χ1n) is 5.81. The summed E-state index contributed by atoms with van der Waals surface area (Å²) in [7, 11) is 0. The minimum Gasteiger partial charge on any atom is -0.444 e. The van der Waals surface area contributed by atoms with Gasteiger partial charge >= 0.3 is 6.09 Å². The fourth-order valence-corrected chi connectivity index (χ4v) is 2.11. The van der Waals surface area contributed by atoms with E-state index in [4.69, 9.17) is 9.47 Å². The van der Waals surface area contributed by atoms with Gasteiger partial charge in [-0.2, -0.15) is 0 Å². The fraction of sp³-hybridized carbons (Fsp3) is 0.917. The maximum Gasteiger partial charge on any atom is 0.410 e. The van der Waals surface area contributed by atoms with Crippen LogP contribution in [0.1, 0.15) is 34.6 Å². The lowest BCUT2D eigenvalue weighted by atomic mass is 10.0. The monoisotopic (exact) mass is 261 g/mol. The van der Waals surface area contributed by atoms with Crippen LogP contribution in [-0.2, 0) is 9.47 Å². The number of nitrogens with zero attached hydrogens (tertiary/aromatic N) is 1. The third kappa shape index (κ3) is 4.07. The maximum atomic E-state index is 12.1. The molecule has 1 aliphatic heterocycles. The van der Waals surface area contributed by atoms with Crippen LogP contribution in [0.2, 0.25) is 0 Å². The first-order valence-corrected chi connectivity index (χ1v) is 7.09. The third-order valence-electron chi connectivity index (χ3n) is 2.56. The summed E-state index contributed by atoms with van der Waals surface area (Å²) >= 11 is 1.61. The Labute approximate surface area is 108 Å². The molecule has 0 aromatic rings. The van der Waals surface area contributed by atoms with Crippen LogP contribution >= 0.6 is 11.8 Å². The third-order valence-corrected chi connectivity index (χ3v) is 3.37. The second-order valence-electron chi connectivity index (χ2n) is 5.88. The predicted octanol–water partition coefficient (Wildman–Crippen LogP) is 2.72. The number of rotatable bonds is 1. The molecule has 1 heterocycles. The first kappa shape index (κ1) is 14.6. The molecule has 0 N–H and O–H groups in total. The van der Waals surface area contributed by atoms with Gasteiger partial charge in [-0.3, -0.25) is 4.90 Å². The van der Waals surface area contributed by atoms with Crippen molar-refractivity contribution in [2.45, 2.75) is 51.2 Å². The molecule has 0 aromatic carbocycles. The maximum absolute atomic E-state index is 12.1. The molecule has 1 atom stereocenters. The summed E-state index contributed by atoms with van der Waals surface area (Å²) in [5.41, 5.74) is -0.731. The van der Waals surface area contributed by atoms with Crippen LogP contribution in [0, 0.1) is 0 Å². The quantitative estimate of drug-likeness (QED) is 0.727. The molecule has 1 fully saturated rings. The molecular weight excluding hydrogens is 238 g/mol. The van der Waals surface area contributed by atoms with E-state index >= 15 is 0 Å². The van der Waals surface area contributed by atoms with Crippen molar-refractivity contribution in [2.24, 2.45) is 0 Å². The minimum absolute atomic E-state index is 0.0375. The number of thioether (sulfide) groups is 1. The molecule has 0 bridgehead atoms. The summed E-state index contributed by atoms with van der Waals surface area (Å²) in [4.78, 5) is 13.9. The van der Waals surface area contributed by atoms with Crippen LogP contribution in [0.25, 0.3) is 0 Å². The molecule has 1 amide bonds. The van der Waals surface area contributed by atoms with Gasteiger partial charge in [0.2, 0.25) is 0 Å². The lowest BCUT2D eigenvalue weighted by Gasteiger charge is -2.44. The van der Waals surface area contributed by atoms with Gasteiger partial charge in [-0.15, -0.1) is 11.8 Å². The average molecular weight is 261 g/mol. The second-order valence-corrected chi connectivity index (χ2v) is 6.88. The molecule has 5 heteroatoms. The van der Waals surface area contributed by atoms with E-state index in [1.165, 1.54) is 0 Å². The van der Waals surface area contributed by atoms with Crippen molar-refractivity contribution in [3.05, 3.63) is 0 Å². The largest absolute Gasteiger partial charge is 0.444 e. The predicted molar refractivity (Wildman–Crippen MR) is 70.3 cm³/mol. The van der Waals surface area contributed by atoms with Crippen LogP contribution in [0.3, 0.4) is 0 Å². The Bertz CT molecular complexity index is 286. The molecule has 17 heavy (non-hydrogen) atoms. The number of hydrogen-bond donors (Lipinski definition) is 0. The normalized spacial score (nSPS) is 24.6. The van der Waals surface area contributed by atoms with Crippen LogP contribution in [0.4, 0.5) is 4.79 Å². The molecular formula is C12H23NO3S. The first-order chi connectivity index (χ1) is 7.65. The van der Waals surface area contributed by atoms with E-state index in [0.717, 1.165) is 0 Å². The average Bonchev–Trinajstić information content (AvgIpc) is 2.14. The highest BCUT2D eigenvalue weighted by molar-refractivity contribution is 7.99. The summed E-state index contributed by atoms with van der Waals surface area (Å²) in [6.07, 6.45) is 1.72. The topological polar surface area (TPSA) is 38.8 Å². The van der Waals surface area contributed by atoms with Gasteiger partial charge in [0.05, 0.1) is 18.7 Å². The number of amides is 1. The van der Waals surface area contributed by atoms with Crippen molar-refractivity contribution in [1.82, 2.24) is 4.90 Å². The van der Waals surface area contributed by atoms with Gasteiger partial charge < -0.3 is 9.47 Å².